The fraction of sp³-hybridized carbons (Fsp3) is 0.261. The van der Waals surface area contributed by atoms with E-state index < -0.39 is 12.0 Å². The summed E-state index contributed by atoms with van der Waals surface area (Å²) in [5.41, 5.74) is 1.62. The Kier molecular flexibility index (Phi) is 6.27. The first-order valence-corrected chi connectivity index (χ1v) is 11.9. The van der Waals surface area contributed by atoms with Crippen LogP contribution in [0.3, 0.4) is 0 Å². The normalized spacial score (nSPS) is 16.4. The van der Waals surface area contributed by atoms with Crippen LogP contribution >= 0.6 is 34.3 Å². The van der Waals surface area contributed by atoms with Crippen LogP contribution in [0.4, 0.5) is 0 Å². The van der Waals surface area contributed by atoms with Crippen molar-refractivity contribution in [1.82, 2.24) is 4.57 Å². The summed E-state index contributed by atoms with van der Waals surface area (Å²) >= 11 is 8.89. The van der Waals surface area contributed by atoms with Gasteiger partial charge in [0.05, 0.1) is 22.4 Å². The first-order valence-electron chi connectivity index (χ1n) is 9.84. The number of nitrogens with zero attached hydrogens (tertiary/aromatic N) is 2. The molecular formula is C23H21ClN2O3S2. The van der Waals surface area contributed by atoms with Gasteiger partial charge in [-0.1, -0.05) is 55.0 Å². The SMILES string of the molecule is CC1=C(C(=O)OCC(C)C)C(c2cccs2)n2c(s/c(=C/c3cccc(Cl)c3)c2=O)=N1. The fourth-order valence-corrected chi connectivity index (χ4v) is 5.44. The number of thiazole rings is 1. The quantitative estimate of drug-likeness (QED) is 0.524. The number of hydrogen-bond donors (Lipinski definition) is 0. The Balaban J connectivity index is 1.88. The third-order valence-corrected chi connectivity index (χ3v) is 6.89. The van der Waals surface area contributed by atoms with Crippen LogP contribution in [0, 0.1) is 5.92 Å². The molecule has 8 heteroatoms. The molecule has 0 spiro atoms. The smallest absolute Gasteiger partial charge is 0.338 e. The number of allylic oxidation sites excluding steroid dienone is 1. The molecule has 3 aromatic rings. The van der Waals surface area contributed by atoms with E-state index in [0.29, 0.717) is 32.2 Å². The highest BCUT2D eigenvalue weighted by Gasteiger charge is 2.34. The fourth-order valence-electron chi connectivity index (χ4n) is 3.37. The number of rotatable bonds is 5. The minimum absolute atomic E-state index is 0.191. The lowest BCUT2D eigenvalue weighted by atomic mass is 10.0. The Morgan fingerprint density at radius 1 is 1.32 bits per heavy atom. The number of fused-ring (bicyclic) bond motifs is 1. The number of ether oxygens (including phenoxy) is 1. The van der Waals surface area contributed by atoms with Gasteiger partial charge in [-0.2, -0.15) is 0 Å². The van der Waals surface area contributed by atoms with Gasteiger partial charge in [-0.25, -0.2) is 9.79 Å². The van der Waals surface area contributed by atoms with Gasteiger partial charge in [0, 0.05) is 9.90 Å². The van der Waals surface area contributed by atoms with Crippen LogP contribution in [0.15, 0.2) is 62.8 Å². The lowest BCUT2D eigenvalue weighted by molar-refractivity contribution is -0.140. The summed E-state index contributed by atoms with van der Waals surface area (Å²) in [7, 11) is 0. The van der Waals surface area contributed by atoms with Crippen LogP contribution in [0.2, 0.25) is 5.02 Å². The number of halogens is 1. The molecule has 1 aromatic carbocycles. The van der Waals surface area contributed by atoms with Crippen molar-refractivity contribution in [2.45, 2.75) is 26.8 Å². The second-order valence-corrected chi connectivity index (χ2v) is 10.1. The summed E-state index contributed by atoms with van der Waals surface area (Å²) in [6.07, 6.45) is 1.80. The predicted octanol–water partition coefficient (Wildman–Crippen LogP) is 4.15. The average Bonchev–Trinajstić information content (AvgIpc) is 3.34. The minimum Gasteiger partial charge on any atom is -0.462 e. The molecule has 0 N–H and O–H groups in total. The van der Waals surface area contributed by atoms with Crippen molar-refractivity contribution in [1.29, 1.82) is 0 Å². The van der Waals surface area contributed by atoms with Crippen molar-refractivity contribution in [3.05, 3.63) is 88.2 Å². The molecule has 0 radical (unpaired) electrons. The first kappa shape index (κ1) is 21.7. The second kappa shape index (κ2) is 8.94. The topological polar surface area (TPSA) is 60.7 Å². The van der Waals surface area contributed by atoms with Crippen LogP contribution in [0.25, 0.3) is 6.08 Å². The average molecular weight is 473 g/mol. The van der Waals surface area contributed by atoms with Crippen molar-refractivity contribution in [2.24, 2.45) is 10.9 Å². The molecule has 0 amide bonds. The van der Waals surface area contributed by atoms with E-state index in [4.69, 9.17) is 16.3 Å². The van der Waals surface area contributed by atoms with E-state index in [1.807, 2.05) is 43.5 Å². The van der Waals surface area contributed by atoms with Gasteiger partial charge >= 0.3 is 5.97 Å². The van der Waals surface area contributed by atoms with E-state index >= 15 is 0 Å². The molecule has 0 fully saturated rings. The monoisotopic (exact) mass is 472 g/mol. The summed E-state index contributed by atoms with van der Waals surface area (Å²) in [5.74, 6) is -0.221. The highest BCUT2D eigenvalue weighted by atomic mass is 35.5. The van der Waals surface area contributed by atoms with Crippen molar-refractivity contribution >= 4 is 46.3 Å². The Morgan fingerprint density at radius 3 is 2.81 bits per heavy atom. The van der Waals surface area contributed by atoms with Gasteiger partial charge in [0.15, 0.2) is 4.80 Å². The summed E-state index contributed by atoms with van der Waals surface area (Å²) in [6, 6.07) is 10.6. The van der Waals surface area contributed by atoms with E-state index in [9.17, 15) is 9.59 Å². The lowest BCUT2D eigenvalue weighted by Gasteiger charge is -2.23. The highest BCUT2D eigenvalue weighted by Crippen LogP contribution is 2.33. The van der Waals surface area contributed by atoms with Crippen LogP contribution < -0.4 is 14.9 Å². The Labute approximate surface area is 192 Å². The maximum Gasteiger partial charge on any atom is 0.338 e. The number of aromatic nitrogens is 1. The summed E-state index contributed by atoms with van der Waals surface area (Å²) in [4.78, 5) is 32.5. The largest absolute Gasteiger partial charge is 0.462 e. The Bertz CT molecular complexity index is 1330. The van der Waals surface area contributed by atoms with Crippen molar-refractivity contribution in [3.8, 4) is 0 Å². The summed E-state index contributed by atoms with van der Waals surface area (Å²) in [5, 5.41) is 2.54. The van der Waals surface area contributed by atoms with Gasteiger partial charge in [0.2, 0.25) is 0 Å². The second-order valence-electron chi connectivity index (χ2n) is 7.64. The molecule has 1 aliphatic rings. The van der Waals surface area contributed by atoms with Crippen LogP contribution in [0.5, 0.6) is 0 Å². The number of carbonyl (C=O) groups excluding carboxylic acids is 1. The maximum atomic E-state index is 13.4. The zero-order valence-electron chi connectivity index (χ0n) is 17.3. The lowest BCUT2D eigenvalue weighted by Crippen LogP contribution is -2.39. The van der Waals surface area contributed by atoms with Gasteiger partial charge in [-0.15, -0.1) is 11.3 Å². The molecule has 160 valence electrons. The van der Waals surface area contributed by atoms with E-state index in [-0.39, 0.29) is 11.5 Å². The van der Waals surface area contributed by atoms with Gasteiger partial charge in [0.1, 0.15) is 6.04 Å². The molecule has 1 aliphatic heterocycles. The number of hydrogen-bond acceptors (Lipinski definition) is 6. The molecule has 4 rings (SSSR count). The molecule has 31 heavy (non-hydrogen) atoms. The highest BCUT2D eigenvalue weighted by molar-refractivity contribution is 7.10. The third-order valence-electron chi connectivity index (χ3n) is 4.75. The standard InChI is InChI=1S/C23H21ClN2O3S2/c1-13(2)12-29-22(28)19-14(3)25-23-26(20(19)17-8-5-9-30-17)21(27)18(31-23)11-15-6-4-7-16(24)10-15/h4-11,13,20H,12H2,1-3H3/b18-11+. The van der Waals surface area contributed by atoms with Crippen LogP contribution in [0.1, 0.15) is 37.3 Å². The molecule has 0 bridgehead atoms. The Morgan fingerprint density at radius 2 is 2.13 bits per heavy atom. The minimum atomic E-state index is -0.558. The maximum absolute atomic E-state index is 13.4. The van der Waals surface area contributed by atoms with Gasteiger partial charge in [-0.05, 0) is 48.1 Å². The molecule has 5 nitrogen and oxygen atoms in total. The zero-order chi connectivity index (χ0) is 22.1. The number of carbonyl (C=O) groups is 1. The molecule has 0 saturated heterocycles. The van der Waals surface area contributed by atoms with E-state index in [2.05, 4.69) is 4.99 Å². The molecule has 1 atom stereocenters. The molecule has 2 aromatic heterocycles. The van der Waals surface area contributed by atoms with Gasteiger partial charge < -0.3 is 4.74 Å². The number of benzene rings is 1. The van der Waals surface area contributed by atoms with E-state index in [1.54, 1.807) is 29.7 Å². The van der Waals surface area contributed by atoms with Crippen LogP contribution in [-0.2, 0) is 9.53 Å². The first-order chi connectivity index (χ1) is 14.8. The summed E-state index contributed by atoms with van der Waals surface area (Å²) < 4.78 is 7.66. The van der Waals surface area contributed by atoms with Crippen molar-refractivity contribution < 1.29 is 9.53 Å². The van der Waals surface area contributed by atoms with E-state index in [0.717, 1.165) is 10.4 Å². The number of thiophene rings is 1. The number of esters is 1. The molecule has 0 aliphatic carbocycles. The molecular weight excluding hydrogens is 452 g/mol. The van der Waals surface area contributed by atoms with Gasteiger partial charge in [-0.3, -0.25) is 9.36 Å². The van der Waals surface area contributed by atoms with Crippen molar-refractivity contribution in [3.63, 3.8) is 0 Å². The molecule has 3 heterocycles. The van der Waals surface area contributed by atoms with Gasteiger partial charge in [0.25, 0.3) is 5.56 Å². The molecule has 1 unspecified atom stereocenters. The predicted molar refractivity (Wildman–Crippen MR) is 125 cm³/mol. The zero-order valence-corrected chi connectivity index (χ0v) is 19.7. The molecule has 0 saturated carbocycles. The third kappa shape index (κ3) is 4.44. The van der Waals surface area contributed by atoms with E-state index in [1.165, 1.54) is 22.7 Å². The summed E-state index contributed by atoms with van der Waals surface area (Å²) in [6.45, 7) is 6.07. The Hall–Kier alpha value is -2.48. The van der Waals surface area contributed by atoms with Crippen molar-refractivity contribution in [2.75, 3.05) is 6.61 Å². The van der Waals surface area contributed by atoms with Crippen LogP contribution in [-0.4, -0.2) is 17.1 Å².